The van der Waals surface area contributed by atoms with Gasteiger partial charge in [0.2, 0.25) is 0 Å². The van der Waals surface area contributed by atoms with Crippen LogP contribution in [0.15, 0.2) is 96.2 Å². The van der Waals surface area contributed by atoms with Crippen molar-refractivity contribution in [3.63, 3.8) is 0 Å². The summed E-state index contributed by atoms with van der Waals surface area (Å²) in [7, 11) is 0. The molecule has 0 atom stereocenters. The van der Waals surface area contributed by atoms with Crippen LogP contribution in [0.4, 0.5) is 0 Å². The first-order valence-corrected chi connectivity index (χ1v) is 10.7. The average Bonchev–Trinajstić information content (AvgIpc) is 2.85. The fourth-order valence-corrected chi connectivity index (χ4v) is 4.24. The van der Waals surface area contributed by atoms with Crippen molar-refractivity contribution in [2.75, 3.05) is 32.7 Å². The zero-order valence-electron chi connectivity index (χ0n) is 18.5. The van der Waals surface area contributed by atoms with E-state index in [1.54, 1.807) is 0 Å². The standard InChI is InChI=1S/C26H29N3O2.2ClH/c30-26(23-12-6-2-7-13-23,24-14-8-3-9-15-24)25(27-31)21-29-18-16-28(17-19-29)20-22-10-4-1-5-11-22;;/h1-15,30-31H,16-21H2;2*1H/b27-25+;;. The molecule has 1 heterocycles. The Morgan fingerprint density at radius 1 is 0.697 bits per heavy atom. The van der Waals surface area contributed by atoms with Gasteiger partial charge in [0.15, 0.2) is 5.60 Å². The highest BCUT2D eigenvalue weighted by molar-refractivity contribution is 5.97. The van der Waals surface area contributed by atoms with E-state index in [1.807, 2.05) is 66.7 Å². The smallest absolute Gasteiger partial charge is 0.158 e. The third-order valence-corrected chi connectivity index (χ3v) is 6.01. The summed E-state index contributed by atoms with van der Waals surface area (Å²) < 4.78 is 0. The zero-order chi connectivity index (χ0) is 21.5. The van der Waals surface area contributed by atoms with Crippen molar-refractivity contribution < 1.29 is 10.3 Å². The molecular formula is C26H31Cl2N3O2. The number of benzene rings is 3. The maximum atomic E-state index is 11.9. The van der Waals surface area contributed by atoms with Crippen LogP contribution in [-0.4, -0.2) is 58.5 Å². The third-order valence-electron chi connectivity index (χ3n) is 6.01. The topological polar surface area (TPSA) is 59.3 Å². The second-order valence-corrected chi connectivity index (χ2v) is 8.03. The molecule has 0 aliphatic carbocycles. The highest BCUT2D eigenvalue weighted by atomic mass is 35.5. The molecule has 0 aromatic heterocycles. The minimum absolute atomic E-state index is 0. The summed E-state index contributed by atoms with van der Waals surface area (Å²) in [4.78, 5) is 4.68. The van der Waals surface area contributed by atoms with Crippen molar-refractivity contribution in [2.24, 2.45) is 5.16 Å². The molecule has 5 nitrogen and oxygen atoms in total. The molecule has 4 rings (SSSR count). The highest BCUT2D eigenvalue weighted by Gasteiger charge is 2.39. The summed E-state index contributed by atoms with van der Waals surface area (Å²) in [5.74, 6) is 0. The molecule has 0 amide bonds. The minimum atomic E-state index is -1.49. The van der Waals surface area contributed by atoms with Gasteiger partial charge in [-0.1, -0.05) is 96.2 Å². The van der Waals surface area contributed by atoms with E-state index in [0.717, 1.165) is 32.7 Å². The lowest BCUT2D eigenvalue weighted by Crippen LogP contribution is -2.51. The van der Waals surface area contributed by atoms with E-state index in [4.69, 9.17) is 0 Å². The molecule has 3 aromatic carbocycles. The number of hydrogen-bond donors (Lipinski definition) is 2. The number of aliphatic hydroxyl groups is 1. The van der Waals surface area contributed by atoms with Crippen LogP contribution < -0.4 is 0 Å². The second-order valence-electron chi connectivity index (χ2n) is 8.03. The molecular weight excluding hydrogens is 457 g/mol. The normalized spacial score (nSPS) is 15.4. The van der Waals surface area contributed by atoms with Gasteiger partial charge in [0, 0.05) is 39.3 Å². The van der Waals surface area contributed by atoms with Gasteiger partial charge in [-0.15, -0.1) is 24.8 Å². The molecule has 2 N–H and O–H groups in total. The van der Waals surface area contributed by atoms with Crippen molar-refractivity contribution in [1.29, 1.82) is 0 Å². The second kappa shape index (κ2) is 12.7. The van der Waals surface area contributed by atoms with Crippen molar-refractivity contribution in [3.8, 4) is 0 Å². The van der Waals surface area contributed by atoms with Gasteiger partial charge in [-0.3, -0.25) is 9.80 Å². The lowest BCUT2D eigenvalue weighted by atomic mass is 9.82. The summed E-state index contributed by atoms with van der Waals surface area (Å²) in [6.45, 7) is 4.91. The van der Waals surface area contributed by atoms with E-state index in [2.05, 4.69) is 39.2 Å². The first kappa shape index (κ1) is 26.8. The maximum Gasteiger partial charge on any atom is 0.158 e. The molecule has 0 spiro atoms. The largest absolute Gasteiger partial charge is 0.411 e. The molecule has 3 aromatic rings. The van der Waals surface area contributed by atoms with E-state index in [9.17, 15) is 10.3 Å². The van der Waals surface area contributed by atoms with E-state index in [-0.39, 0.29) is 24.8 Å². The van der Waals surface area contributed by atoms with Gasteiger partial charge in [-0.05, 0) is 16.7 Å². The third kappa shape index (κ3) is 6.34. The number of rotatable bonds is 7. The lowest BCUT2D eigenvalue weighted by Gasteiger charge is -2.37. The predicted molar refractivity (Wildman–Crippen MR) is 138 cm³/mol. The van der Waals surface area contributed by atoms with Crippen molar-refractivity contribution in [3.05, 3.63) is 108 Å². The molecule has 1 saturated heterocycles. The van der Waals surface area contributed by atoms with Crippen molar-refractivity contribution in [2.45, 2.75) is 12.1 Å². The molecule has 33 heavy (non-hydrogen) atoms. The van der Waals surface area contributed by atoms with Crippen LogP contribution in [0.3, 0.4) is 0 Å². The fourth-order valence-electron chi connectivity index (χ4n) is 4.24. The Balaban J connectivity index is 0.00000193. The molecule has 0 bridgehead atoms. The van der Waals surface area contributed by atoms with E-state index in [1.165, 1.54) is 5.56 Å². The molecule has 0 radical (unpaired) electrons. The molecule has 7 heteroatoms. The Labute approximate surface area is 208 Å². The van der Waals surface area contributed by atoms with Crippen LogP contribution in [0.1, 0.15) is 16.7 Å². The van der Waals surface area contributed by atoms with E-state index >= 15 is 0 Å². The molecule has 176 valence electrons. The fraction of sp³-hybridized carbons (Fsp3) is 0.269. The monoisotopic (exact) mass is 487 g/mol. The van der Waals surface area contributed by atoms with Gasteiger partial charge in [0.05, 0.1) is 0 Å². The van der Waals surface area contributed by atoms with Gasteiger partial charge >= 0.3 is 0 Å². The van der Waals surface area contributed by atoms with Crippen LogP contribution in [0.2, 0.25) is 0 Å². The first-order chi connectivity index (χ1) is 15.2. The zero-order valence-corrected chi connectivity index (χ0v) is 20.1. The number of nitrogens with zero attached hydrogens (tertiary/aromatic N) is 3. The Hall–Kier alpha value is -2.41. The molecule has 0 unspecified atom stereocenters. The van der Waals surface area contributed by atoms with Gasteiger partial charge in [-0.25, -0.2) is 0 Å². The quantitative estimate of drug-likeness (QED) is 0.294. The Morgan fingerprint density at radius 3 is 1.58 bits per heavy atom. The van der Waals surface area contributed by atoms with Gasteiger partial charge in [-0.2, -0.15) is 0 Å². The molecule has 1 fully saturated rings. The average molecular weight is 488 g/mol. The number of piperazine rings is 1. The van der Waals surface area contributed by atoms with Crippen molar-refractivity contribution in [1.82, 2.24) is 9.80 Å². The Morgan fingerprint density at radius 2 is 1.12 bits per heavy atom. The Kier molecular flexibility index (Phi) is 10.4. The molecule has 0 saturated carbocycles. The van der Waals surface area contributed by atoms with Crippen LogP contribution in [-0.2, 0) is 12.1 Å². The summed E-state index contributed by atoms with van der Waals surface area (Å²) >= 11 is 0. The number of halogens is 2. The van der Waals surface area contributed by atoms with Crippen molar-refractivity contribution >= 4 is 30.5 Å². The lowest BCUT2D eigenvalue weighted by molar-refractivity contribution is 0.119. The van der Waals surface area contributed by atoms with E-state index < -0.39 is 5.60 Å². The van der Waals surface area contributed by atoms with Crippen LogP contribution >= 0.6 is 24.8 Å². The summed E-state index contributed by atoms with van der Waals surface area (Å²) in [6.07, 6.45) is 0. The van der Waals surface area contributed by atoms with Gasteiger partial charge in [0.25, 0.3) is 0 Å². The highest BCUT2D eigenvalue weighted by Crippen LogP contribution is 2.32. The number of oxime groups is 1. The summed E-state index contributed by atoms with van der Waals surface area (Å²) in [6, 6.07) is 29.4. The Bertz CT molecular complexity index is 941. The van der Waals surface area contributed by atoms with Gasteiger partial charge < -0.3 is 10.3 Å². The molecule has 1 aliphatic heterocycles. The van der Waals surface area contributed by atoms with Crippen LogP contribution in [0.25, 0.3) is 0 Å². The maximum absolute atomic E-state index is 11.9. The molecule has 1 aliphatic rings. The SMILES string of the molecule is Cl.Cl.O/N=C(\CN1CCN(Cc2ccccc2)CC1)C(O)(c1ccccc1)c1ccccc1. The predicted octanol–water partition coefficient (Wildman–Crippen LogP) is 4.41. The van der Waals surface area contributed by atoms with Crippen LogP contribution in [0, 0.1) is 0 Å². The van der Waals surface area contributed by atoms with E-state index in [0.29, 0.717) is 23.4 Å². The number of hydrogen-bond acceptors (Lipinski definition) is 5. The minimum Gasteiger partial charge on any atom is -0.411 e. The summed E-state index contributed by atoms with van der Waals surface area (Å²) in [5.41, 5.74) is 1.55. The van der Waals surface area contributed by atoms with Crippen LogP contribution in [0.5, 0.6) is 0 Å². The first-order valence-electron chi connectivity index (χ1n) is 10.7. The van der Waals surface area contributed by atoms with Gasteiger partial charge in [0.1, 0.15) is 5.71 Å². The summed E-state index contributed by atoms with van der Waals surface area (Å²) in [5, 5.41) is 25.4.